The van der Waals surface area contributed by atoms with E-state index in [4.69, 9.17) is 0 Å². The fourth-order valence-electron chi connectivity index (χ4n) is 4.50. The van der Waals surface area contributed by atoms with Gasteiger partial charge in [-0.3, -0.25) is 24.1 Å². The van der Waals surface area contributed by atoms with E-state index >= 15 is 0 Å². The molecule has 2 aromatic rings. The Morgan fingerprint density at radius 2 is 1.48 bits per heavy atom. The fraction of sp³-hybridized carbons (Fsp3) is 0.360. The highest BCUT2D eigenvalue weighted by Gasteiger charge is 2.44. The van der Waals surface area contributed by atoms with Crippen LogP contribution in [0.2, 0.25) is 0 Å². The van der Waals surface area contributed by atoms with Crippen molar-refractivity contribution in [3.8, 4) is 0 Å². The summed E-state index contributed by atoms with van der Waals surface area (Å²) in [5.41, 5.74) is 0.646. The van der Waals surface area contributed by atoms with Crippen molar-refractivity contribution in [2.24, 2.45) is 5.92 Å². The van der Waals surface area contributed by atoms with Gasteiger partial charge in [-0.15, -0.1) is 0 Å². The molecule has 1 atom stereocenters. The Labute approximate surface area is 191 Å². The summed E-state index contributed by atoms with van der Waals surface area (Å²) in [5, 5.41) is 2.96. The van der Waals surface area contributed by atoms with Crippen LogP contribution in [-0.4, -0.2) is 58.6 Å². The summed E-state index contributed by atoms with van der Waals surface area (Å²) in [5.74, 6) is -2.53. The average molecular weight is 451 g/mol. The third-order valence-corrected chi connectivity index (χ3v) is 6.24. The zero-order valence-corrected chi connectivity index (χ0v) is 18.6. The lowest BCUT2D eigenvalue weighted by Gasteiger charge is -2.35. The Bertz CT molecular complexity index is 1070. The topological polar surface area (TPSA) is 86.8 Å². The van der Waals surface area contributed by atoms with Crippen molar-refractivity contribution in [3.05, 3.63) is 71.0 Å². The summed E-state index contributed by atoms with van der Waals surface area (Å²) < 4.78 is 14.0. The quantitative estimate of drug-likeness (QED) is 0.709. The number of nitrogens with one attached hydrogen (secondary N) is 1. The van der Waals surface area contributed by atoms with Crippen molar-refractivity contribution < 1.29 is 23.6 Å². The largest absolute Gasteiger partial charge is 0.351 e. The molecule has 4 rings (SSSR count). The van der Waals surface area contributed by atoms with Gasteiger partial charge in [0.05, 0.1) is 16.7 Å². The first-order valence-electron chi connectivity index (χ1n) is 11.1. The summed E-state index contributed by atoms with van der Waals surface area (Å²) in [6, 6.07) is 11.3. The second-order valence-electron chi connectivity index (χ2n) is 8.77. The first kappa shape index (κ1) is 22.6. The summed E-state index contributed by atoms with van der Waals surface area (Å²) >= 11 is 0. The molecule has 33 heavy (non-hydrogen) atoms. The zero-order valence-electron chi connectivity index (χ0n) is 18.6. The van der Waals surface area contributed by atoms with Crippen LogP contribution in [0.5, 0.6) is 0 Å². The number of halogens is 1. The van der Waals surface area contributed by atoms with Crippen molar-refractivity contribution in [3.63, 3.8) is 0 Å². The molecule has 1 fully saturated rings. The van der Waals surface area contributed by atoms with Gasteiger partial charge in [-0.25, -0.2) is 4.39 Å². The molecule has 8 heteroatoms. The highest BCUT2D eigenvalue weighted by atomic mass is 19.1. The molecule has 2 heterocycles. The zero-order chi connectivity index (χ0) is 23.7. The minimum absolute atomic E-state index is 0.0329. The van der Waals surface area contributed by atoms with Crippen LogP contribution in [0.15, 0.2) is 48.5 Å². The number of hydrogen-bond donors (Lipinski definition) is 1. The molecule has 0 aromatic heterocycles. The van der Waals surface area contributed by atoms with E-state index in [1.807, 2.05) is 0 Å². The SMILES string of the molecule is CC(C)C(C(=O)NC1CCN(C(=O)c2ccccc2F)CC1)N1C(=O)c2ccccc2C1=O. The molecular formula is C25H26FN3O4. The first-order chi connectivity index (χ1) is 15.8. The third-order valence-electron chi connectivity index (χ3n) is 6.24. The monoisotopic (exact) mass is 451 g/mol. The van der Waals surface area contributed by atoms with E-state index in [9.17, 15) is 23.6 Å². The van der Waals surface area contributed by atoms with Gasteiger partial charge in [0.1, 0.15) is 11.9 Å². The minimum atomic E-state index is -0.935. The molecule has 4 amide bonds. The summed E-state index contributed by atoms with van der Waals surface area (Å²) in [6.45, 7) is 4.34. The van der Waals surface area contributed by atoms with Crippen molar-refractivity contribution >= 4 is 23.6 Å². The second-order valence-corrected chi connectivity index (χ2v) is 8.77. The van der Waals surface area contributed by atoms with Crippen LogP contribution in [0.25, 0.3) is 0 Å². The fourth-order valence-corrected chi connectivity index (χ4v) is 4.50. The summed E-state index contributed by atoms with van der Waals surface area (Å²) in [6.07, 6.45) is 0.998. The van der Waals surface area contributed by atoms with Gasteiger partial charge in [0.2, 0.25) is 5.91 Å². The average Bonchev–Trinajstić information content (AvgIpc) is 3.05. The van der Waals surface area contributed by atoms with E-state index in [1.165, 1.54) is 18.2 Å². The lowest BCUT2D eigenvalue weighted by atomic mass is 9.99. The van der Waals surface area contributed by atoms with E-state index in [-0.39, 0.29) is 23.4 Å². The Hall–Kier alpha value is -3.55. The van der Waals surface area contributed by atoms with Gasteiger partial charge in [0.15, 0.2) is 0 Å². The Kier molecular flexibility index (Phi) is 6.26. The van der Waals surface area contributed by atoms with Gasteiger partial charge in [0.25, 0.3) is 17.7 Å². The number of benzene rings is 2. The number of hydrogen-bond acceptors (Lipinski definition) is 4. The van der Waals surface area contributed by atoms with Crippen molar-refractivity contribution in [2.45, 2.75) is 38.8 Å². The molecule has 0 saturated carbocycles. The summed E-state index contributed by atoms with van der Waals surface area (Å²) in [4.78, 5) is 54.2. The van der Waals surface area contributed by atoms with Crippen LogP contribution < -0.4 is 5.32 Å². The van der Waals surface area contributed by atoms with Crippen LogP contribution in [-0.2, 0) is 4.79 Å². The molecule has 0 spiro atoms. The van der Waals surface area contributed by atoms with Gasteiger partial charge in [-0.05, 0) is 43.0 Å². The number of imide groups is 1. The number of carbonyl (C=O) groups excluding carboxylic acids is 4. The van der Waals surface area contributed by atoms with Crippen molar-refractivity contribution in [2.75, 3.05) is 13.1 Å². The number of piperidine rings is 1. The number of nitrogens with zero attached hydrogens (tertiary/aromatic N) is 2. The third kappa shape index (κ3) is 4.25. The number of carbonyl (C=O) groups is 4. The lowest BCUT2D eigenvalue weighted by molar-refractivity contribution is -0.127. The van der Waals surface area contributed by atoms with Crippen LogP contribution in [0.3, 0.4) is 0 Å². The molecular weight excluding hydrogens is 425 g/mol. The molecule has 2 aliphatic rings. The maximum absolute atomic E-state index is 14.0. The second kappa shape index (κ2) is 9.13. The van der Waals surface area contributed by atoms with Crippen molar-refractivity contribution in [1.82, 2.24) is 15.1 Å². The highest BCUT2D eigenvalue weighted by molar-refractivity contribution is 6.22. The van der Waals surface area contributed by atoms with Crippen LogP contribution in [0.4, 0.5) is 4.39 Å². The van der Waals surface area contributed by atoms with Crippen LogP contribution >= 0.6 is 0 Å². The highest BCUT2D eigenvalue weighted by Crippen LogP contribution is 2.27. The Morgan fingerprint density at radius 3 is 2.03 bits per heavy atom. The maximum atomic E-state index is 14.0. The minimum Gasteiger partial charge on any atom is -0.351 e. The van der Waals surface area contributed by atoms with Crippen molar-refractivity contribution in [1.29, 1.82) is 0 Å². The predicted octanol–water partition coefficient (Wildman–Crippen LogP) is 2.87. The van der Waals surface area contributed by atoms with Gasteiger partial charge in [0, 0.05) is 19.1 Å². The molecule has 2 aliphatic heterocycles. The van der Waals surface area contributed by atoms with Crippen LogP contribution in [0, 0.1) is 11.7 Å². The molecule has 172 valence electrons. The predicted molar refractivity (Wildman–Crippen MR) is 119 cm³/mol. The standard InChI is InChI=1S/C25H26FN3O4/c1-15(2)21(29-24(32)17-7-3-4-8-18(17)25(29)33)22(30)27-16-11-13-28(14-12-16)23(31)19-9-5-6-10-20(19)26/h3-10,15-16,21H,11-14H2,1-2H3,(H,27,30). The van der Waals surface area contributed by atoms with Gasteiger partial charge in [-0.1, -0.05) is 38.1 Å². The first-order valence-corrected chi connectivity index (χ1v) is 11.1. The summed E-state index contributed by atoms with van der Waals surface area (Å²) in [7, 11) is 0. The van der Waals surface area contributed by atoms with E-state index in [0.29, 0.717) is 37.1 Å². The molecule has 7 nitrogen and oxygen atoms in total. The maximum Gasteiger partial charge on any atom is 0.262 e. The van der Waals surface area contributed by atoms with Gasteiger partial charge >= 0.3 is 0 Å². The number of likely N-dealkylation sites (tertiary alicyclic amines) is 1. The molecule has 0 aliphatic carbocycles. The normalized spacial score (nSPS) is 17.3. The van der Waals surface area contributed by atoms with E-state index in [0.717, 1.165) is 4.90 Å². The Morgan fingerprint density at radius 1 is 0.939 bits per heavy atom. The van der Waals surface area contributed by atoms with Crippen LogP contribution in [0.1, 0.15) is 57.8 Å². The Balaban J connectivity index is 1.41. The number of amides is 4. The molecule has 1 saturated heterocycles. The van der Waals surface area contributed by atoms with Gasteiger partial charge in [-0.2, -0.15) is 0 Å². The van der Waals surface area contributed by atoms with E-state index in [1.54, 1.807) is 49.1 Å². The number of fused-ring (bicyclic) bond motifs is 1. The molecule has 0 radical (unpaired) electrons. The molecule has 1 N–H and O–H groups in total. The van der Waals surface area contributed by atoms with Gasteiger partial charge < -0.3 is 10.2 Å². The van der Waals surface area contributed by atoms with E-state index < -0.39 is 29.6 Å². The molecule has 0 bridgehead atoms. The molecule has 2 aromatic carbocycles. The number of rotatable bonds is 5. The lowest BCUT2D eigenvalue weighted by Crippen LogP contribution is -2.55. The van der Waals surface area contributed by atoms with E-state index in [2.05, 4.69) is 5.32 Å². The molecule has 1 unspecified atom stereocenters. The smallest absolute Gasteiger partial charge is 0.262 e.